The van der Waals surface area contributed by atoms with Crippen molar-refractivity contribution in [3.63, 3.8) is 0 Å². The molecule has 0 fully saturated rings. The molecule has 88 valence electrons. The molecule has 5 nitrogen and oxygen atoms in total. The van der Waals surface area contributed by atoms with Gasteiger partial charge in [-0.05, 0) is 25.0 Å². The molecule has 16 heavy (non-hydrogen) atoms. The van der Waals surface area contributed by atoms with Gasteiger partial charge in [-0.2, -0.15) is 0 Å². The number of nitrogens with zero attached hydrogens (tertiary/aromatic N) is 1. The van der Waals surface area contributed by atoms with E-state index in [0.717, 1.165) is 19.4 Å². The van der Waals surface area contributed by atoms with E-state index in [-0.39, 0.29) is 5.91 Å². The monoisotopic (exact) mass is 223 g/mol. The summed E-state index contributed by atoms with van der Waals surface area (Å²) in [6, 6.07) is 3.20. The number of hydrogen-bond acceptors (Lipinski definition) is 4. The normalized spacial score (nSPS) is 10.1. The van der Waals surface area contributed by atoms with Crippen LogP contribution in [0, 0.1) is 0 Å². The first-order valence-electron chi connectivity index (χ1n) is 5.22. The molecule has 0 spiro atoms. The van der Waals surface area contributed by atoms with Gasteiger partial charge in [0.25, 0.3) is 5.91 Å². The van der Waals surface area contributed by atoms with Crippen LogP contribution >= 0.6 is 0 Å². The number of amides is 1. The van der Waals surface area contributed by atoms with E-state index in [0.29, 0.717) is 17.9 Å². The number of carbonyl (C=O) groups excluding carboxylic acids is 1. The van der Waals surface area contributed by atoms with Crippen LogP contribution in [0.4, 0.5) is 5.82 Å². The van der Waals surface area contributed by atoms with Crippen LogP contribution in [0.15, 0.2) is 18.3 Å². The maximum atomic E-state index is 11.6. The van der Waals surface area contributed by atoms with Gasteiger partial charge in [-0.15, -0.1) is 0 Å². The Bertz CT molecular complexity index is 342. The van der Waals surface area contributed by atoms with Crippen LogP contribution in [0.1, 0.15) is 23.2 Å². The number of pyridine rings is 1. The standard InChI is InChI=1S/C11H17N3O2/c1-16-7-3-2-5-14-11(15)9-4-6-13-10(12)8-9/h4,6,8H,2-3,5,7H2,1H3,(H2,12,13)(H,14,15). The molecule has 1 aromatic rings. The molecule has 0 unspecified atom stereocenters. The first kappa shape index (κ1) is 12.4. The summed E-state index contributed by atoms with van der Waals surface area (Å²) in [5, 5.41) is 2.81. The lowest BCUT2D eigenvalue weighted by Gasteiger charge is -2.05. The molecule has 0 bridgehead atoms. The molecular formula is C11H17N3O2. The summed E-state index contributed by atoms with van der Waals surface area (Å²) in [7, 11) is 1.67. The van der Waals surface area contributed by atoms with E-state index in [9.17, 15) is 4.79 Å². The zero-order valence-corrected chi connectivity index (χ0v) is 9.40. The molecule has 0 saturated heterocycles. The Balaban J connectivity index is 2.30. The molecule has 1 aromatic heterocycles. The van der Waals surface area contributed by atoms with Crippen LogP contribution in [0.3, 0.4) is 0 Å². The van der Waals surface area contributed by atoms with E-state index in [1.54, 1.807) is 19.2 Å². The third kappa shape index (κ3) is 4.27. The smallest absolute Gasteiger partial charge is 0.251 e. The van der Waals surface area contributed by atoms with Crippen LogP contribution in [-0.4, -0.2) is 31.2 Å². The van der Waals surface area contributed by atoms with Crippen LogP contribution in [0.2, 0.25) is 0 Å². The highest BCUT2D eigenvalue weighted by atomic mass is 16.5. The van der Waals surface area contributed by atoms with Crippen molar-refractivity contribution in [2.45, 2.75) is 12.8 Å². The molecule has 0 aliphatic rings. The minimum Gasteiger partial charge on any atom is -0.385 e. The van der Waals surface area contributed by atoms with E-state index >= 15 is 0 Å². The highest BCUT2D eigenvalue weighted by Gasteiger charge is 2.04. The van der Waals surface area contributed by atoms with E-state index in [1.807, 2.05) is 0 Å². The van der Waals surface area contributed by atoms with E-state index in [1.165, 1.54) is 6.20 Å². The average molecular weight is 223 g/mol. The van der Waals surface area contributed by atoms with Crippen molar-refractivity contribution in [3.05, 3.63) is 23.9 Å². The van der Waals surface area contributed by atoms with Gasteiger partial charge in [0, 0.05) is 32.0 Å². The number of ether oxygens (including phenoxy) is 1. The zero-order chi connectivity index (χ0) is 11.8. The first-order valence-corrected chi connectivity index (χ1v) is 5.22. The fourth-order valence-electron chi connectivity index (χ4n) is 1.26. The lowest BCUT2D eigenvalue weighted by Crippen LogP contribution is -2.24. The van der Waals surface area contributed by atoms with Gasteiger partial charge in [-0.1, -0.05) is 0 Å². The number of anilines is 1. The molecule has 1 rings (SSSR count). The summed E-state index contributed by atoms with van der Waals surface area (Å²) >= 11 is 0. The molecule has 0 atom stereocenters. The first-order chi connectivity index (χ1) is 7.74. The Hall–Kier alpha value is -1.62. The number of methoxy groups -OCH3 is 1. The Kier molecular flexibility index (Phi) is 5.28. The van der Waals surface area contributed by atoms with Gasteiger partial charge in [0.15, 0.2) is 0 Å². The molecule has 0 aromatic carbocycles. The van der Waals surface area contributed by atoms with Crippen molar-refractivity contribution >= 4 is 11.7 Å². The fourth-order valence-corrected chi connectivity index (χ4v) is 1.26. The summed E-state index contributed by atoms with van der Waals surface area (Å²) in [6.45, 7) is 1.36. The summed E-state index contributed by atoms with van der Waals surface area (Å²) in [6.07, 6.45) is 3.37. The Labute approximate surface area is 95.0 Å². The van der Waals surface area contributed by atoms with Gasteiger partial charge in [0.05, 0.1) is 0 Å². The largest absolute Gasteiger partial charge is 0.385 e. The second kappa shape index (κ2) is 6.79. The van der Waals surface area contributed by atoms with Crippen molar-refractivity contribution in [3.8, 4) is 0 Å². The van der Waals surface area contributed by atoms with E-state index in [4.69, 9.17) is 10.5 Å². The Morgan fingerprint density at radius 3 is 3.06 bits per heavy atom. The maximum absolute atomic E-state index is 11.6. The van der Waals surface area contributed by atoms with Crippen LogP contribution in [0.25, 0.3) is 0 Å². The summed E-state index contributed by atoms with van der Waals surface area (Å²) < 4.78 is 4.91. The second-order valence-corrected chi connectivity index (χ2v) is 3.43. The SMILES string of the molecule is COCCCCNC(=O)c1ccnc(N)c1. The number of carbonyl (C=O) groups is 1. The van der Waals surface area contributed by atoms with Crippen LogP contribution in [0.5, 0.6) is 0 Å². The van der Waals surface area contributed by atoms with Gasteiger partial charge < -0.3 is 15.8 Å². The predicted molar refractivity (Wildman–Crippen MR) is 62.1 cm³/mol. The number of rotatable bonds is 6. The summed E-state index contributed by atoms with van der Waals surface area (Å²) in [5.41, 5.74) is 6.02. The Morgan fingerprint density at radius 1 is 1.56 bits per heavy atom. The molecule has 0 radical (unpaired) electrons. The fraction of sp³-hybridized carbons (Fsp3) is 0.455. The van der Waals surface area contributed by atoms with Crippen molar-refractivity contribution in [2.75, 3.05) is 26.0 Å². The predicted octanol–water partition coefficient (Wildman–Crippen LogP) is 0.820. The van der Waals surface area contributed by atoms with Crippen LogP contribution in [-0.2, 0) is 4.74 Å². The van der Waals surface area contributed by atoms with E-state index in [2.05, 4.69) is 10.3 Å². The molecule has 1 amide bonds. The topological polar surface area (TPSA) is 77.2 Å². The number of aromatic nitrogens is 1. The van der Waals surface area contributed by atoms with Crippen molar-refractivity contribution in [2.24, 2.45) is 0 Å². The highest BCUT2D eigenvalue weighted by molar-refractivity contribution is 5.94. The van der Waals surface area contributed by atoms with Gasteiger partial charge >= 0.3 is 0 Å². The van der Waals surface area contributed by atoms with Crippen molar-refractivity contribution in [1.82, 2.24) is 10.3 Å². The number of nitrogen functional groups attached to an aromatic ring is 1. The number of unbranched alkanes of at least 4 members (excludes halogenated alkanes) is 1. The molecule has 3 N–H and O–H groups in total. The van der Waals surface area contributed by atoms with Gasteiger partial charge in [0.2, 0.25) is 0 Å². The Morgan fingerprint density at radius 2 is 2.38 bits per heavy atom. The van der Waals surface area contributed by atoms with Gasteiger partial charge in [0.1, 0.15) is 5.82 Å². The minimum absolute atomic E-state index is 0.119. The number of nitrogens with one attached hydrogen (secondary N) is 1. The third-order valence-electron chi connectivity index (χ3n) is 2.10. The zero-order valence-electron chi connectivity index (χ0n) is 9.40. The summed E-state index contributed by atoms with van der Waals surface area (Å²) in [4.78, 5) is 15.4. The van der Waals surface area contributed by atoms with Crippen molar-refractivity contribution in [1.29, 1.82) is 0 Å². The molecule has 0 aliphatic heterocycles. The van der Waals surface area contributed by atoms with Gasteiger partial charge in [-0.3, -0.25) is 4.79 Å². The molecule has 0 saturated carbocycles. The summed E-state index contributed by atoms with van der Waals surface area (Å²) in [5.74, 6) is 0.235. The number of hydrogen-bond donors (Lipinski definition) is 2. The average Bonchev–Trinajstić information content (AvgIpc) is 2.28. The number of nitrogens with two attached hydrogens (primary N) is 1. The lowest BCUT2D eigenvalue weighted by molar-refractivity contribution is 0.0951. The van der Waals surface area contributed by atoms with Gasteiger partial charge in [-0.25, -0.2) is 4.98 Å². The molecule has 5 heteroatoms. The van der Waals surface area contributed by atoms with E-state index < -0.39 is 0 Å². The second-order valence-electron chi connectivity index (χ2n) is 3.43. The van der Waals surface area contributed by atoms with Crippen LogP contribution < -0.4 is 11.1 Å². The lowest BCUT2D eigenvalue weighted by atomic mass is 10.2. The molecule has 1 heterocycles. The molecule has 0 aliphatic carbocycles. The van der Waals surface area contributed by atoms with Crippen molar-refractivity contribution < 1.29 is 9.53 Å². The maximum Gasteiger partial charge on any atom is 0.251 e. The third-order valence-corrected chi connectivity index (χ3v) is 2.10. The minimum atomic E-state index is -0.119. The molecular weight excluding hydrogens is 206 g/mol. The highest BCUT2D eigenvalue weighted by Crippen LogP contribution is 2.02. The quantitative estimate of drug-likeness (QED) is 0.700.